The minimum absolute atomic E-state index is 0.124. The Kier molecular flexibility index (Phi) is 7.20. The molecule has 31 heavy (non-hydrogen) atoms. The first kappa shape index (κ1) is 22.7. The van der Waals surface area contributed by atoms with E-state index in [-0.39, 0.29) is 21.5 Å². The summed E-state index contributed by atoms with van der Waals surface area (Å²) in [5.74, 6) is 0.399. The standard InChI is InChI=1S/C23H23ClN2O4S/c1-16-3-8-19(9-4-16)30-14-13-25-23(27)18-7-12-22(21(24)15-18)26-31(28,29)20-10-5-17(2)6-11-20/h3-12,15,26H,13-14H2,1-2H3,(H,25,27). The van der Waals surface area contributed by atoms with Crippen molar-refractivity contribution in [1.29, 1.82) is 0 Å². The van der Waals surface area contributed by atoms with Crippen LogP contribution in [0.1, 0.15) is 21.5 Å². The van der Waals surface area contributed by atoms with Crippen LogP contribution in [0.5, 0.6) is 5.75 Å². The zero-order valence-electron chi connectivity index (χ0n) is 17.2. The summed E-state index contributed by atoms with van der Waals surface area (Å²) in [5, 5.41) is 2.87. The smallest absolute Gasteiger partial charge is 0.261 e. The molecule has 0 aromatic heterocycles. The van der Waals surface area contributed by atoms with E-state index in [1.54, 1.807) is 12.1 Å². The quantitative estimate of drug-likeness (QED) is 0.484. The fourth-order valence-electron chi connectivity index (χ4n) is 2.73. The molecule has 3 aromatic carbocycles. The topological polar surface area (TPSA) is 84.5 Å². The molecule has 3 aromatic rings. The highest BCUT2D eigenvalue weighted by atomic mass is 35.5. The lowest BCUT2D eigenvalue weighted by molar-refractivity contribution is 0.0947. The molecule has 0 saturated carbocycles. The molecule has 2 N–H and O–H groups in total. The fourth-order valence-corrected chi connectivity index (χ4v) is 4.09. The third-order valence-electron chi connectivity index (χ3n) is 4.48. The third kappa shape index (κ3) is 6.23. The lowest BCUT2D eigenvalue weighted by Gasteiger charge is -2.12. The number of amides is 1. The third-order valence-corrected chi connectivity index (χ3v) is 6.18. The van der Waals surface area contributed by atoms with E-state index >= 15 is 0 Å². The zero-order chi connectivity index (χ0) is 22.4. The Morgan fingerprint density at radius 1 is 0.935 bits per heavy atom. The summed E-state index contributed by atoms with van der Waals surface area (Å²) >= 11 is 6.21. The van der Waals surface area contributed by atoms with Gasteiger partial charge in [-0.2, -0.15) is 0 Å². The Morgan fingerprint density at radius 2 is 1.55 bits per heavy atom. The van der Waals surface area contributed by atoms with Crippen LogP contribution < -0.4 is 14.8 Å². The number of aryl methyl sites for hydroxylation is 2. The van der Waals surface area contributed by atoms with Gasteiger partial charge in [-0.15, -0.1) is 0 Å². The number of hydrogen-bond donors (Lipinski definition) is 2. The molecule has 0 aliphatic heterocycles. The second-order valence-corrected chi connectivity index (χ2v) is 9.12. The number of hydrogen-bond acceptors (Lipinski definition) is 4. The van der Waals surface area contributed by atoms with Crippen molar-refractivity contribution in [2.75, 3.05) is 17.9 Å². The van der Waals surface area contributed by atoms with Gasteiger partial charge in [-0.3, -0.25) is 9.52 Å². The summed E-state index contributed by atoms with van der Waals surface area (Å²) in [5.41, 5.74) is 2.61. The Morgan fingerprint density at radius 3 is 2.16 bits per heavy atom. The van der Waals surface area contributed by atoms with Gasteiger partial charge in [0, 0.05) is 5.56 Å². The van der Waals surface area contributed by atoms with E-state index in [2.05, 4.69) is 10.0 Å². The molecule has 0 spiro atoms. The predicted molar refractivity (Wildman–Crippen MR) is 122 cm³/mol. The van der Waals surface area contributed by atoms with Gasteiger partial charge in [-0.1, -0.05) is 47.0 Å². The Balaban J connectivity index is 1.57. The van der Waals surface area contributed by atoms with E-state index in [0.717, 1.165) is 16.9 Å². The van der Waals surface area contributed by atoms with Crippen molar-refractivity contribution in [3.05, 3.63) is 88.4 Å². The number of rotatable bonds is 8. The van der Waals surface area contributed by atoms with E-state index in [9.17, 15) is 13.2 Å². The molecule has 6 nitrogen and oxygen atoms in total. The number of sulfonamides is 1. The Labute approximate surface area is 187 Å². The van der Waals surface area contributed by atoms with Crippen LogP contribution in [-0.4, -0.2) is 27.5 Å². The van der Waals surface area contributed by atoms with Gasteiger partial charge in [0.25, 0.3) is 15.9 Å². The molecular formula is C23H23ClN2O4S. The summed E-state index contributed by atoms with van der Waals surface area (Å²) in [4.78, 5) is 12.5. The van der Waals surface area contributed by atoms with Gasteiger partial charge in [-0.05, 0) is 56.3 Å². The maximum atomic E-state index is 12.5. The molecule has 0 heterocycles. The number of ether oxygens (including phenoxy) is 1. The molecule has 0 aliphatic rings. The molecule has 0 fully saturated rings. The molecular weight excluding hydrogens is 436 g/mol. The highest BCUT2D eigenvalue weighted by Gasteiger charge is 2.16. The van der Waals surface area contributed by atoms with Crippen LogP contribution in [0.15, 0.2) is 71.6 Å². The maximum absolute atomic E-state index is 12.5. The maximum Gasteiger partial charge on any atom is 0.261 e. The zero-order valence-corrected chi connectivity index (χ0v) is 18.8. The van der Waals surface area contributed by atoms with Crippen molar-refractivity contribution < 1.29 is 17.9 Å². The van der Waals surface area contributed by atoms with E-state index < -0.39 is 10.0 Å². The van der Waals surface area contributed by atoms with Crippen molar-refractivity contribution in [3.8, 4) is 5.75 Å². The minimum Gasteiger partial charge on any atom is -0.492 e. The molecule has 0 unspecified atom stereocenters. The van der Waals surface area contributed by atoms with Gasteiger partial charge in [0.1, 0.15) is 12.4 Å². The fraction of sp³-hybridized carbons (Fsp3) is 0.174. The van der Waals surface area contributed by atoms with Crippen LogP contribution >= 0.6 is 11.6 Å². The van der Waals surface area contributed by atoms with Gasteiger partial charge >= 0.3 is 0 Å². The molecule has 0 atom stereocenters. The van der Waals surface area contributed by atoms with E-state index in [1.807, 2.05) is 38.1 Å². The molecule has 3 rings (SSSR count). The Bertz CT molecular complexity index is 1160. The number of halogens is 1. The number of nitrogens with one attached hydrogen (secondary N) is 2. The first-order valence-corrected chi connectivity index (χ1v) is 11.5. The normalized spacial score (nSPS) is 11.1. The van der Waals surface area contributed by atoms with Gasteiger partial charge in [0.05, 0.1) is 22.2 Å². The number of anilines is 1. The van der Waals surface area contributed by atoms with E-state index in [0.29, 0.717) is 18.7 Å². The first-order chi connectivity index (χ1) is 14.7. The highest BCUT2D eigenvalue weighted by Crippen LogP contribution is 2.26. The van der Waals surface area contributed by atoms with Crippen molar-refractivity contribution in [2.45, 2.75) is 18.7 Å². The number of benzene rings is 3. The number of carbonyl (C=O) groups is 1. The van der Waals surface area contributed by atoms with Crippen LogP contribution in [0.3, 0.4) is 0 Å². The minimum atomic E-state index is -3.78. The molecule has 0 bridgehead atoms. The van der Waals surface area contributed by atoms with Crippen molar-refractivity contribution in [3.63, 3.8) is 0 Å². The van der Waals surface area contributed by atoms with Crippen LogP contribution in [0.4, 0.5) is 5.69 Å². The molecule has 162 valence electrons. The average molecular weight is 459 g/mol. The van der Waals surface area contributed by atoms with E-state index in [4.69, 9.17) is 16.3 Å². The molecule has 0 radical (unpaired) electrons. The SMILES string of the molecule is Cc1ccc(OCCNC(=O)c2ccc(NS(=O)(=O)c3ccc(C)cc3)c(Cl)c2)cc1. The monoisotopic (exact) mass is 458 g/mol. The predicted octanol–water partition coefficient (Wildman–Crippen LogP) is 4.57. The largest absolute Gasteiger partial charge is 0.492 e. The second-order valence-electron chi connectivity index (χ2n) is 7.03. The van der Waals surface area contributed by atoms with Gasteiger partial charge in [-0.25, -0.2) is 8.42 Å². The molecule has 1 amide bonds. The lowest BCUT2D eigenvalue weighted by atomic mass is 10.2. The van der Waals surface area contributed by atoms with Gasteiger partial charge in [0.2, 0.25) is 0 Å². The average Bonchev–Trinajstić information content (AvgIpc) is 2.74. The molecule has 8 heteroatoms. The van der Waals surface area contributed by atoms with Gasteiger partial charge in [0.15, 0.2) is 0 Å². The summed E-state index contributed by atoms with van der Waals surface area (Å²) in [7, 11) is -3.78. The summed E-state index contributed by atoms with van der Waals surface area (Å²) in [6, 6.07) is 18.5. The van der Waals surface area contributed by atoms with Crippen LogP contribution in [0, 0.1) is 13.8 Å². The Hall–Kier alpha value is -3.03. The van der Waals surface area contributed by atoms with Crippen molar-refractivity contribution in [1.82, 2.24) is 5.32 Å². The van der Waals surface area contributed by atoms with Crippen molar-refractivity contribution >= 4 is 33.2 Å². The summed E-state index contributed by atoms with van der Waals surface area (Å²) in [6.07, 6.45) is 0. The van der Waals surface area contributed by atoms with Gasteiger partial charge < -0.3 is 10.1 Å². The second kappa shape index (κ2) is 9.85. The summed E-state index contributed by atoms with van der Waals surface area (Å²) in [6.45, 7) is 4.50. The van der Waals surface area contributed by atoms with Crippen LogP contribution in [0.2, 0.25) is 5.02 Å². The first-order valence-electron chi connectivity index (χ1n) is 9.61. The van der Waals surface area contributed by atoms with Crippen molar-refractivity contribution in [2.24, 2.45) is 0 Å². The van der Waals surface area contributed by atoms with E-state index in [1.165, 1.54) is 30.3 Å². The molecule has 0 saturated heterocycles. The highest BCUT2D eigenvalue weighted by molar-refractivity contribution is 7.92. The van der Waals surface area contributed by atoms with Crippen LogP contribution in [0.25, 0.3) is 0 Å². The lowest BCUT2D eigenvalue weighted by Crippen LogP contribution is -2.28. The number of carbonyl (C=O) groups excluding carboxylic acids is 1. The molecule has 0 aliphatic carbocycles. The van der Waals surface area contributed by atoms with Crippen LogP contribution in [-0.2, 0) is 10.0 Å². The summed E-state index contributed by atoms with van der Waals surface area (Å²) < 4.78 is 33.1.